The minimum Gasteiger partial charge on any atom is -0.340 e. The van der Waals surface area contributed by atoms with Crippen LogP contribution in [0.1, 0.15) is 0 Å². The van der Waals surface area contributed by atoms with Crippen molar-refractivity contribution in [2.45, 2.75) is 4.90 Å². The van der Waals surface area contributed by atoms with E-state index in [4.69, 9.17) is 11.6 Å². The molecule has 0 saturated carbocycles. The van der Waals surface area contributed by atoms with Gasteiger partial charge in [0.05, 0.1) is 22.0 Å². The lowest BCUT2D eigenvalue weighted by Crippen LogP contribution is -1.99. The smallest absolute Gasteiger partial charge is 0.276 e. The van der Waals surface area contributed by atoms with E-state index in [2.05, 4.69) is 10.3 Å². The maximum Gasteiger partial charge on any atom is 0.276 e. The number of rotatable bonds is 4. The van der Waals surface area contributed by atoms with Gasteiger partial charge in [-0.15, -0.1) is 0 Å². The molecule has 0 bridgehead atoms. The van der Waals surface area contributed by atoms with Crippen LogP contribution in [0.2, 0.25) is 5.15 Å². The summed E-state index contributed by atoms with van der Waals surface area (Å²) in [5.41, 5.74) is 0.344. The summed E-state index contributed by atoms with van der Waals surface area (Å²) in [5, 5.41) is 13.5. The highest BCUT2D eigenvalue weighted by molar-refractivity contribution is 7.90. The number of sulfone groups is 1. The number of aromatic nitrogens is 1. The van der Waals surface area contributed by atoms with Crippen molar-refractivity contribution < 1.29 is 13.3 Å². The Balaban J connectivity index is 2.28. The number of anilines is 2. The molecule has 0 unspecified atom stereocenters. The molecular formula is C12H10ClN3O4S. The molecule has 110 valence electrons. The van der Waals surface area contributed by atoms with Gasteiger partial charge in [-0.1, -0.05) is 11.6 Å². The van der Waals surface area contributed by atoms with Crippen molar-refractivity contribution in [2.75, 3.05) is 11.6 Å². The van der Waals surface area contributed by atoms with Crippen LogP contribution < -0.4 is 5.32 Å². The average molecular weight is 328 g/mol. The summed E-state index contributed by atoms with van der Waals surface area (Å²) in [6, 6.07) is 8.29. The highest BCUT2D eigenvalue weighted by Crippen LogP contribution is 2.24. The van der Waals surface area contributed by atoms with Gasteiger partial charge in [0.25, 0.3) is 5.69 Å². The normalized spacial score (nSPS) is 11.1. The van der Waals surface area contributed by atoms with E-state index in [9.17, 15) is 18.5 Å². The molecule has 1 aromatic carbocycles. The third-order valence-electron chi connectivity index (χ3n) is 2.54. The third kappa shape index (κ3) is 3.89. The predicted octanol–water partition coefficient (Wildman–Crippen LogP) is 2.79. The maximum atomic E-state index is 11.3. The molecule has 1 N–H and O–H groups in total. The first kappa shape index (κ1) is 15.2. The average Bonchev–Trinajstić information content (AvgIpc) is 2.37. The summed E-state index contributed by atoms with van der Waals surface area (Å²) in [6.45, 7) is 0. The lowest BCUT2D eigenvalue weighted by atomic mass is 10.3. The molecule has 1 aromatic heterocycles. The first-order valence-corrected chi connectivity index (χ1v) is 7.92. The minimum atomic E-state index is -3.27. The van der Waals surface area contributed by atoms with E-state index in [1.165, 1.54) is 30.3 Å². The van der Waals surface area contributed by atoms with Crippen molar-refractivity contribution in [3.8, 4) is 0 Å². The molecule has 0 spiro atoms. The Morgan fingerprint density at radius 2 is 1.86 bits per heavy atom. The van der Waals surface area contributed by atoms with Crippen LogP contribution in [0.15, 0.2) is 41.3 Å². The largest absolute Gasteiger partial charge is 0.340 e. The molecule has 2 rings (SSSR count). The molecule has 0 fully saturated rings. The molecule has 7 nitrogen and oxygen atoms in total. The fourth-order valence-corrected chi connectivity index (χ4v) is 2.42. The molecule has 0 aliphatic rings. The molecule has 21 heavy (non-hydrogen) atoms. The van der Waals surface area contributed by atoms with Crippen molar-refractivity contribution in [1.29, 1.82) is 0 Å². The summed E-state index contributed by atoms with van der Waals surface area (Å²) < 4.78 is 22.7. The first-order valence-electron chi connectivity index (χ1n) is 5.65. The Bertz CT molecular complexity index is 791. The summed E-state index contributed by atoms with van der Waals surface area (Å²) in [4.78, 5) is 14.3. The third-order valence-corrected chi connectivity index (χ3v) is 3.87. The Labute approximate surface area is 125 Å². The first-order chi connectivity index (χ1) is 9.75. The van der Waals surface area contributed by atoms with E-state index in [0.717, 1.165) is 12.3 Å². The van der Waals surface area contributed by atoms with Crippen LogP contribution in [-0.4, -0.2) is 24.6 Å². The SMILES string of the molecule is CS(=O)(=O)c1ccc(Nc2cc([N+](=O)[O-])cc(Cl)n2)cc1. The van der Waals surface area contributed by atoms with Crippen LogP contribution in [0.25, 0.3) is 0 Å². The Hall–Kier alpha value is -2.19. The second kappa shape index (κ2) is 5.66. The Morgan fingerprint density at radius 1 is 1.24 bits per heavy atom. The molecule has 2 aromatic rings. The fraction of sp³-hybridized carbons (Fsp3) is 0.0833. The van der Waals surface area contributed by atoms with Crippen LogP contribution in [0.3, 0.4) is 0 Å². The number of nitrogens with zero attached hydrogens (tertiary/aromatic N) is 2. The number of nitrogens with one attached hydrogen (secondary N) is 1. The van der Waals surface area contributed by atoms with Crippen LogP contribution in [0.4, 0.5) is 17.2 Å². The second-order valence-corrected chi connectivity index (χ2v) is 6.61. The van der Waals surface area contributed by atoms with Gasteiger partial charge in [-0.2, -0.15) is 0 Å². The van der Waals surface area contributed by atoms with Crippen molar-refractivity contribution in [2.24, 2.45) is 0 Å². The quantitative estimate of drug-likeness (QED) is 0.526. The van der Waals surface area contributed by atoms with Crippen LogP contribution >= 0.6 is 11.6 Å². The van der Waals surface area contributed by atoms with E-state index < -0.39 is 14.8 Å². The zero-order valence-electron chi connectivity index (χ0n) is 10.8. The molecule has 0 amide bonds. The lowest BCUT2D eigenvalue weighted by molar-refractivity contribution is -0.384. The number of pyridine rings is 1. The van der Waals surface area contributed by atoms with Crippen molar-refractivity contribution in [1.82, 2.24) is 4.98 Å². The van der Waals surface area contributed by atoms with Crippen LogP contribution in [-0.2, 0) is 9.84 Å². The van der Waals surface area contributed by atoms with Gasteiger partial charge in [-0.25, -0.2) is 13.4 Å². The van der Waals surface area contributed by atoms with E-state index in [1.54, 1.807) is 0 Å². The monoisotopic (exact) mass is 327 g/mol. The van der Waals surface area contributed by atoms with Gasteiger partial charge < -0.3 is 5.32 Å². The summed E-state index contributed by atoms with van der Waals surface area (Å²) >= 11 is 5.71. The Kier molecular flexibility index (Phi) is 4.10. The van der Waals surface area contributed by atoms with Crippen molar-refractivity contribution in [3.05, 3.63) is 51.7 Å². The lowest BCUT2D eigenvalue weighted by Gasteiger charge is -2.06. The van der Waals surface area contributed by atoms with Gasteiger partial charge in [-0.05, 0) is 24.3 Å². The van der Waals surface area contributed by atoms with Gasteiger partial charge in [0.15, 0.2) is 9.84 Å². The van der Waals surface area contributed by atoms with Gasteiger partial charge in [0.1, 0.15) is 11.0 Å². The molecule has 9 heteroatoms. The van der Waals surface area contributed by atoms with Crippen LogP contribution in [0.5, 0.6) is 0 Å². The molecule has 0 aliphatic heterocycles. The van der Waals surface area contributed by atoms with E-state index in [0.29, 0.717) is 5.69 Å². The van der Waals surface area contributed by atoms with Gasteiger partial charge in [-0.3, -0.25) is 10.1 Å². The second-order valence-electron chi connectivity index (χ2n) is 4.21. The van der Waals surface area contributed by atoms with E-state index >= 15 is 0 Å². The molecule has 0 saturated heterocycles. The highest BCUT2D eigenvalue weighted by Gasteiger charge is 2.11. The number of hydrogen-bond acceptors (Lipinski definition) is 6. The molecular weight excluding hydrogens is 318 g/mol. The highest BCUT2D eigenvalue weighted by atomic mass is 35.5. The van der Waals surface area contributed by atoms with E-state index in [-0.39, 0.29) is 21.6 Å². The zero-order valence-corrected chi connectivity index (χ0v) is 12.4. The van der Waals surface area contributed by atoms with Crippen molar-refractivity contribution >= 4 is 38.6 Å². The molecule has 1 heterocycles. The predicted molar refractivity (Wildman–Crippen MR) is 78.7 cm³/mol. The standard InChI is InChI=1S/C12H10ClN3O4S/c1-21(19,20)10-4-2-8(3-5-10)14-12-7-9(16(17)18)6-11(13)15-12/h2-7H,1H3,(H,14,15). The molecule has 0 atom stereocenters. The zero-order chi connectivity index (χ0) is 15.6. The van der Waals surface area contributed by atoms with Crippen molar-refractivity contribution in [3.63, 3.8) is 0 Å². The van der Waals surface area contributed by atoms with Gasteiger partial charge in [0, 0.05) is 11.9 Å². The van der Waals surface area contributed by atoms with Gasteiger partial charge >= 0.3 is 0 Å². The van der Waals surface area contributed by atoms with E-state index in [1.807, 2.05) is 0 Å². The Morgan fingerprint density at radius 3 is 2.38 bits per heavy atom. The minimum absolute atomic E-state index is 0.0144. The summed E-state index contributed by atoms with van der Waals surface area (Å²) in [6.07, 6.45) is 1.11. The molecule has 0 radical (unpaired) electrons. The number of nitro groups is 1. The van der Waals surface area contributed by atoms with Crippen LogP contribution in [0, 0.1) is 10.1 Å². The maximum absolute atomic E-state index is 11.3. The summed E-state index contributed by atoms with van der Waals surface area (Å²) in [7, 11) is -3.27. The number of halogens is 1. The fourth-order valence-electron chi connectivity index (χ4n) is 1.59. The number of benzene rings is 1. The topological polar surface area (TPSA) is 102 Å². The number of hydrogen-bond donors (Lipinski definition) is 1. The summed E-state index contributed by atoms with van der Waals surface area (Å²) in [5.74, 6) is 0.196. The van der Waals surface area contributed by atoms with Gasteiger partial charge in [0.2, 0.25) is 0 Å². The molecule has 0 aliphatic carbocycles.